The molecule has 0 radical (unpaired) electrons. The topological polar surface area (TPSA) is 134 Å². The molecule has 0 saturated heterocycles. The quantitative estimate of drug-likeness (QED) is 0.532. The minimum absolute atomic E-state index is 0.0930. The fraction of sp³-hybridized carbons (Fsp3) is 0.188. The molecule has 3 rings (SSSR count). The van der Waals surface area contributed by atoms with Crippen molar-refractivity contribution < 1.29 is 19.1 Å². The van der Waals surface area contributed by atoms with Crippen LogP contribution in [-0.2, 0) is 11.4 Å². The third kappa shape index (κ3) is 3.97. The van der Waals surface area contributed by atoms with Crippen molar-refractivity contribution in [2.45, 2.75) is 13.6 Å². The lowest BCUT2D eigenvalue weighted by Gasteiger charge is -2.05. The molecule has 3 N–H and O–H groups in total. The average molecular weight is 467 g/mol. The number of nitrogens with two attached hydrogens (primary N) is 1. The molecule has 0 aliphatic carbocycles. The van der Waals surface area contributed by atoms with Crippen molar-refractivity contribution >= 4 is 50.1 Å². The van der Waals surface area contributed by atoms with Gasteiger partial charge in [-0.05, 0) is 34.5 Å². The standard InChI is InChI=1S/C16H15BrN6O4S/c1-8-11(16(26)27-2)15(28-12(8)13(18)24)20-14(25)10-3-4-22(21-10)7-23-6-9(17)5-19-23/h3-6H,7H2,1-2H3,(H2,18,24)(H,20,25). The van der Waals surface area contributed by atoms with Crippen molar-refractivity contribution in [3.8, 4) is 0 Å². The van der Waals surface area contributed by atoms with Gasteiger partial charge in [-0.2, -0.15) is 10.2 Å². The first-order valence-electron chi connectivity index (χ1n) is 7.84. The second-order valence-corrected chi connectivity index (χ2v) is 7.59. The van der Waals surface area contributed by atoms with Gasteiger partial charge in [-0.25, -0.2) is 9.48 Å². The van der Waals surface area contributed by atoms with Crippen LogP contribution in [0.4, 0.5) is 5.00 Å². The Labute approximate surface area is 171 Å². The Hall–Kier alpha value is -2.99. The van der Waals surface area contributed by atoms with Crippen LogP contribution in [0.2, 0.25) is 0 Å². The summed E-state index contributed by atoms with van der Waals surface area (Å²) in [6.07, 6.45) is 5.03. The Morgan fingerprint density at radius 2 is 2.11 bits per heavy atom. The summed E-state index contributed by atoms with van der Waals surface area (Å²) in [5.41, 5.74) is 5.92. The number of primary amides is 1. The highest BCUT2D eigenvalue weighted by Gasteiger charge is 2.26. The molecule has 0 aromatic carbocycles. The largest absolute Gasteiger partial charge is 0.465 e. The molecule has 12 heteroatoms. The maximum Gasteiger partial charge on any atom is 0.341 e. The van der Waals surface area contributed by atoms with Crippen LogP contribution in [0.5, 0.6) is 0 Å². The summed E-state index contributed by atoms with van der Waals surface area (Å²) in [6, 6.07) is 1.53. The lowest BCUT2D eigenvalue weighted by atomic mass is 10.1. The molecule has 146 valence electrons. The molecule has 0 bridgehead atoms. The highest BCUT2D eigenvalue weighted by Crippen LogP contribution is 2.33. The summed E-state index contributed by atoms with van der Waals surface area (Å²) in [5.74, 6) is -1.91. The Balaban J connectivity index is 1.82. The maximum atomic E-state index is 12.6. The number of anilines is 1. The number of thiophene rings is 1. The average Bonchev–Trinajstić information content (AvgIpc) is 3.34. The van der Waals surface area contributed by atoms with Crippen molar-refractivity contribution in [1.29, 1.82) is 0 Å². The normalized spacial score (nSPS) is 10.7. The SMILES string of the molecule is COC(=O)c1c(NC(=O)c2ccn(Cn3cc(Br)cn3)n2)sc(C(N)=O)c1C. The van der Waals surface area contributed by atoms with Gasteiger partial charge >= 0.3 is 5.97 Å². The molecule has 0 spiro atoms. The van der Waals surface area contributed by atoms with Crippen LogP contribution in [0, 0.1) is 6.92 Å². The van der Waals surface area contributed by atoms with Crippen molar-refractivity contribution in [2.24, 2.45) is 5.73 Å². The predicted octanol–water partition coefficient (Wildman–Crippen LogP) is 1.86. The van der Waals surface area contributed by atoms with Gasteiger partial charge in [0.15, 0.2) is 5.69 Å². The number of ether oxygens (including phenoxy) is 1. The van der Waals surface area contributed by atoms with E-state index in [2.05, 4.69) is 31.4 Å². The number of carbonyl (C=O) groups excluding carboxylic acids is 3. The molecule has 0 fully saturated rings. The number of nitrogens with one attached hydrogen (secondary N) is 1. The zero-order valence-corrected chi connectivity index (χ0v) is 17.2. The number of halogens is 1. The van der Waals surface area contributed by atoms with E-state index in [1.165, 1.54) is 17.9 Å². The van der Waals surface area contributed by atoms with E-state index < -0.39 is 17.8 Å². The van der Waals surface area contributed by atoms with Crippen LogP contribution < -0.4 is 11.1 Å². The zero-order valence-electron chi connectivity index (χ0n) is 14.8. The van der Waals surface area contributed by atoms with E-state index in [4.69, 9.17) is 10.5 Å². The first-order valence-corrected chi connectivity index (χ1v) is 9.45. The van der Waals surface area contributed by atoms with Gasteiger partial charge in [0.1, 0.15) is 11.7 Å². The number of carbonyl (C=O) groups is 3. The van der Waals surface area contributed by atoms with E-state index in [1.54, 1.807) is 30.2 Å². The molecular formula is C16H15BrN6O4S. The summed E-state index contributed by atoms with van der Waals surface area (Å²) in [7, 11) is 1.21. The van der Waals surface area contributed by atoms with E-state index in [-0.39, 0.29) is 21.1 Å². The van der Waals surface area contributed by atoms with E-state index in [0.717, 1.165) is 15.8 Å². The van der Waals surface area contributed by atoms with Gasteiger partial charge in [0, 0.05) is 12.4 Å². The summed E-state index contributed by atoms with van der Waals surface area (Å²) in [4.78, 5) is 36.4. The third-order valence-electron chi connectivity index (χ3n) is 3.75. The van der Waals surface area contributed by atoms with Crippen LogP contribution in [0.1, 0.15) is 36.1 Å². The van der Waals surface area contributed by atoms with Crippen molar-refractivity contribution in [1.82, 2.24) is 19.6 Å². The van der Waals surface area contributed by atoms with Gasteiger partial charge in [0.25, 0.3) is 11.8 Å². The fourth-order valence-electron chi connectivity index (χ4n) is 2.48. The number of methoxy groups -OCH3 is 1. The second-order valence-electron chi connectivity index (χ2n) is 5.65. The molecule has 3 heterocycles. The predicted molar refractivity (Wildman–Crippen MR) is 104 cm³/mol. The van der Waals surface area contributed by atoms with E-state index in [9.17, 15) is 14.4 Å². The van der Waals surface area contributed by atoms with Crippen molar-refractivity contribution in [3.05, 3.63) is 50.8 Å². The molecule has 0 unspecified atom stereocenters. The summed E-state index contributed by atoms with van der Waals surface area (Å²) in [5, 5.41) is 11.1. The van der Waals surface area contributed by atoms with Crippen molar-refractivity contribution in [2.75, 3.05) is 12.4 Å². The van der Waals surface area contributed by atoms with E-state index >= 15 is 0 Å². The zero-order chi connectivity index (χ0) is 20.4. The lowest BCUT2D eigenvalue weighted by molar-refractivity contribution is 0.0601. The molecule has 28 heavy (non-hydrogen) atoms. The van der Waals surface area contributed by atoms with Gasteiger partial charge < -0.3 is 15.8 Å². The smallest absolute Gasteiger partial charge is 0.341 e. The Morgan fingerprint density at radius 1 is 1.36 bits per heavy atom. The summed E-state index contributed by atoms with van der Waals surface area (Å²) >= 11 is 4.22. The Kier molecular flexibility index (Phi) is 5.61. The Bertz CT molecular complexity index is 1070. The number of amides is 2. The van der Waals surface area contributed by atoms with Crippen LogP contribution >= 0.6 is 27.3 Å². The van der Waals surface area contributed by atoms with Crippen LogP contribution in [0.15, 0.2) is 29.1 Å². The van der Waals surface area contributed by atoms with Crippen LogP contribution in [-0.4, -0.2) is 44.5 Å². The third-order valence-corrected chi connectivity index (χ3v) is 5.38. The molecule has 10 nitrogen and oxygen atoms in total. The first kappa shape index (κ1) is 19.8. The minimum atomic E-state index is -0.692. The molecule has 0 aliphatic heterocycles. The monoisotopic (exact) mass is 466 g/mol. The summed E-state index contributed by atoms with van der Waals surface area (Å²) in [6.45, 7) is 1.88. The van der Waals surface area contributed by atoms with E-state index in [1.807, 2.05) is 0 Å². The van der Waals surface area contributed by atoms with Gasteiger partial charge in [-0.3, -0.25) is 14.3 Å². The van der Waals surface area contributed by atoms with Crippen LogP contribution in [0.3, 0.4) is 0 Å². The summed E-state index contributed by atoms with van der Waals surface area (Å²) < 4.78 is 8.73. The van der Waals surface area contributed by atoms with Crippen LogP contribution in [0.25, 0.3) is 0 Å². The van der Waals surface area contributed by atoms with Gasteiger partial charge in [-0.15, -0.1) is 11.3 Å². The number of aromatic nitrogens is 4. The van der Waals surface area contributed by atoms with E-state index in [0.29, 0.717) is 12.2 Å². The lowest BCUT2D eigenvalue weighted by Crippen LogP contribution is -2.16. The highest BCUT2D eigenvalue weighted by atomic mass is 79.9. The number of rotatable bonds is 6. The van der Waals surface area contributed by atoms with Crippen molar-refractivity contribution in [3.63, 3.8) is 0 Å². The first-order chi connectivity index (χ1) is 13.3. The Morgan fingerprint density at radius 3 is 2.71 bits per heavy atom. The molecule has 0 aliphatic rings. The van der Waals surface area contributed by atoms with Gasteiger partial charge in [0.2, 0.25) is 0 Å². The number of hydrogen-bond donors (Lipinski definition) is 2. The molecule has 0 saturated carbocycles. The molecule has 0 atom stereocenters. The minimum Gasteiger partial charge on any atom is -0.465 e. The molecule has 3 aromatic heterocycles. The molecule has 3 aromatic rings. The van der Waals surface area contributed by atoms with Gasteiger partial charge in [0.05, 0.1) is 28.2 Å². The second kappa shape index (κ2) is 7.94. The highest BCUT2D eigenvalue weighted by molar-refractivity contribution is 9.10. The maximum absolute atomic E-state index is 12.6. The molecular weight excluding hydrogens is 452 g/mol. The number of esters is 1. The number of hydrogen-bond acceptors (Lipinski definition) is 7. The fourth-order valence-corrected chi connectivity index (χ4v) is 3.85. The molecule has 2 amide bonds. The number of nitrogens with zero attached hydrogens (tertiary/aromatic N) is 4. The van der Waals surface area contributed by atoms with Gasteiger partial charge in [-0.1, -0.05) is 0 Å².